The van der Waals surface area contributed by atoms with E-state index >= 15 is 0 Å². The van der Waals surface area contributed by atoms with Gasteiger partial charge in [0.2, 0.25) is 10.0 Å². The first-order valence-corrected chi connectivity index (χ1v) is 8.32. The van der Waals surface area contributed by atoms with Crippen LogP contribution in [0.4, 0.5) is 0 Å². The summed E-state index contributed by atoms with van der Waals surface area (Å²) < 4.78 is 29.2. The van der Waals surface area contributed by atoms with E-state index in [1.54, 1.807) is 13.8 Å². The van der Waals surface area contributed by atoms with Gasteiger partial charge in [0.05, 0.1) is 11.4 Å². The summed E-state index contributed by atoms with van der Waals surface area (Å²) in [6.45, 7) is 6.53. The molecule has 1 aliphatic carbocycles. The summed E-state index contributed by atoms with van der Waals surface area (Å²) in [5.41, 5.74) is 0.147. The standard InChI is InChI=1S/C13H21N3O4S/c1-8-12(9(2)16(14-8)7-11(17)18)21(19,20)15-13(3,4)10-5-6-10/h10,15H,5-7H2,1-4H3,(H,17,18). The maximum absolute atomic E-state index is 12.6. The first-order valence-electron chi connectivity index (χ1n) is 6.84. The maximum Gasteiger partial charge on any atom is 0.325 e. The number of sulfonamides is 1. The van der Waals surface area contributed by atoms with Gasteiger partial charge in [-0.3, -0.25) is 9.48 Å². The van der Waals surface area contributed by atoms with Gasteiger partial charge in [-0.2, -0.15) is 5.10 Å². The molecule has 0 bridgehead atoms. The van der Waals surface area contributed by atoms with E-state index in [9.17, 15) is 13.2 Å². The second kappa shape index (κ2) is 5.10. The van der Waals surface area contributed by atoms with Crippen LogP contribution in [0.25, 0.3) is 0 Å². The Hall–Kier alpha value is -1.41. The summed E-state index contributed by atoms with van der Waals surface area (Å²) in [7, 11) is -3.73. The van der Waals surface area contributed by atoms with Crippen LogP contribution in [0.15, 0.2) is 4.90 Å². The normalized spacial score (nSPS) is 16.2. The molecule has 1 aliphatic rings. The molecule has 0 aliphatic heterocycles. The Kier molecular flexibility index (Phi) is 3.88. The lowest BCUT2D eigenvalue weighted by molar-refractivity contribution is -0.137. The maximum atomic E-state index is 12.6. The number of aryl methyl sites for hydroxylation is 1. The number of carbonyl (C=O) groups is 1. The number of carboxylic acids is 1. The quantitative estimate of drug-likeness (QED) is 0.817. The lowest BCUT2D eigenvalue weighted by atomic mass is 10.0. The highest BCUT2D eigenvalue weighted by molar-refractivity contribution is 7.89. The molecule has 1 fully saturated rings. The van der Waals surface area contributed by atoms with Crippen molar-refractivity contribution in [3.63, 3.8) is 0 Å². The van der Waals surface area contributed by atoms with Crippen LogP contribution >= 0.6 is 0 Å². The second-order valence-electron chi connectivity index (χ2n) is 6.15. The molecule has 0 aromatic carbocycles. The molecule has 2 N–H and O–H groups in total. The van der Waals surface area contributed by atoms with Crippen LogP contribution < -0.4 is 4.72 Å². The van der Waals surface area contributed by atoms with Gasteiger partial charge in [-0.25, -0.2) is 13.1 Å². The lowest BCUT2D eigenvalue weighted by Gasteiger charge is -2.25. The number of hydrogen-bond donors (Lipinski definition) is 2. The molecule has 0 atom stereocenters. The third-order valence-electron chi connectivity index (χ3n) is 3.86. The highest BCUT2D eigenvalue weighted by Gasteiger charge is 2.41. The lowest BCUT2D eigenvalue weighted by Crippen LogP contribution is -2.45. The van der Waals surface area contributed by atoms with Gasteiger partial charge >= 0.3 is 5.97 Å². The van der Waals surface area contributed by atoms with Crippen LogP contribution in [0.5, 0.6) is 0 Å². The van der Waals surface area contributed by atoms with Gasteiger partial charge in [-0.1, -0.05) is 0 Å². The molecule has 0 unspecified atom stereocenters. The molecule has 21 heavy (non-hydrogen) atoms. The van der Waals surface area contributed by atoms with Crippen molar-refractivity contribution in [3.05, 3.63) is 11.4 Å². The minimum Gasteiger partial charge on any atom is -0.480 e. The minimum absolute atomic E-state index is 0.0810. The summed E-state index contributed by atoms with van der Waals surface area (Å²) in [5.74, 6) is -0.710. The predicted octanol–water partition coefficient (Wildman–Crippen LogP) is 1.05. The summed E-state index contributed by atoms with van der Waals surface area (Å²) in [6, 6.07) is 0. The predicted molar refractivity (Wildman–Crippen MR) is 76.5 cm³/mol. The summed E-state index contributed by atoms with van der Waals surface area (Å²) >= 11 is 0. The van der Waals surface area contributed by atoms with Gasteiger partial charge in [0.25, 0.3) is 0 Å². The molecule has 7 nitrogen and oxygen atoms in total. The SMILES string of the molecule is Cc1nn(CC(=O)O)c(C)c1S(=O)(=O)NC(C)(C)C1CC1. The number of rotatable bonds is 6. The Morgan fingerprint density at radius 3 is 2.48 bits per heavy atom. The molecule has 1 heterocycles. The molecule has 1 aromatic heterocycles. The van der Waals surface area contributed by atoms with Crippen LogP contribution in [0.3, 0.4) is 0 Å². The van der Waals surface area contributed by atoms with E-state index in [2.05, 4.69) is 9.82 Å². The first-order chi connectivity index (χ1) is 9.54. The molecule has 0 radical (unpaired) electrons. The highest BCUT2D eigenvalue weighted by atomic mass is 32.2. The van der Waals surface area contributed by atoms with E-state index in [0.29, 0.717) is 17.3 Å². The highest BCUT2D eigenvalue weighted by Crippen LogP contribution is 2.40. The summed E-state index contributed by atoms with van der Waals surface area (Å²) in [6.07, 6.45) is 2.04. The largest absolute Gasteiger partial charge is 0.480 e. The number of carboxylic acid groups (broad SMARTS) is 1. The van der Waals surface area contributed by atoms with Crippen molar-refractivity contribution in [3.8, 4) is 0 Å². The molecule has 0 amide bonds. The van der Waals surface area contributed by atoms with Crippen molar-refractivity contribution in [1.29, 1.82) is 0 Å². The monoisotopic (exact) mass is 315 g/mol. The summed E-state index contributed by atoms with van der Waals surface area (Å²) in [4.78, 5) is 10.9. The second-order valence-corrected chi connectivity index (χ2v) is 7.77. The summed E-state index contributed by atoms with van der Waals surface area (Å²) in [5, 5.41) is 12.9. The van der Waals surface area contributed by atoms with Crippen molar-refractivity contribution < 1.29 is 18.3 Å². The molecule has 2 rings (SSSR count). The molecule has 0 saturated heterocycles. The number of aliphatic carboxylic acids is 1. The number of nitrogens with one attached hydrogen (secondary N) is 1. The minimum atomic E-state index is -3.73. The molecule has 118 valence electrons. The average Bonchev–Trinajstić information content (AvgIpc) is 3.05. The van der Waals surface area contributed by atoms with Gasteiger partial charge in [0.1, 0.15) is 11.4 Å². The Bertz CT molecular complexity index is 672. The van der Waals surface area contributed by atoms with Crippen LogP contribution in [-0.2, 0) is 21.4 Å². The molecule has 1 saturated carbocycles. The van der Waals surface area contributed by atoms with Crippen molar-refractivity contribution in [2.75, 3.05) is 0 Å². The molecular formula is C13H21N3O4S. The van der Waals surface area contributed by atoms with Crippen molar-refractivity contribution in [2.24, 2.45) is 5.92 Å². The fraction of sp³-hybridized carbons (Fsp3) is 0.692. The fourth-order valence-corrected chi connectivity index (χ4v) is 4.52. The first kappa shape index (κ1) is 16.0. The van der Waals surface area contributed by atoms with E-state index < -0.39 is 21.5 Å². The Morgan fingerprint density at radius 2 is 2.00 bits per heavy atom. The van der Waals surface area contributed by atoms with Crippen LogP contribution in [-0.4, -0.2) is 34.8 Å². The number of aromatic nitrogens is 2. The number of nitrogens with zero attached hydrogens (tertiary/aromatic N) is 2. The Labute approximate surface area is 124 Å². The Balaban J connectivity index is 2.36. The van der Waals surface area contributed by atoms with Crippen molar-refractivity contribution in [1.82, 2.24) is 14.5 Å². The van der Waals surface area contributed by atoms with E-state index in [4.69, 9.17) is 5.11 Å². The topological polar surface area (TPSA) is 101 Å². The molecule has 1 aromatic rings. The van der Waals surface area contributed by atoms with Gasteiger partial charge in [-0.15, -0.1) is 0 Å². The third kappa shape index (κ3) is 3.26. The molecule has 0 spiro atoms. The average molecular weight is 315 g/mol. The van der Waals surface area contributed by atoms with E-state index in [0.717, 1.165) is 12.8 Å². The smallest absolute Gasteiger partial charge is 0.325 e. The zero-order chi connectivity index (χ0) is 16.0. The van der Waals surface area contributed by atoms with E-state index in [-0.39, 0.29) is 11.4 Å². The van der Waals surface area contributed by atoms with E-state index in [1.807, 2.05) is 13.8 Å². The van der Waals surface area contributed by atoms with Gasteiger partial charge in [-0.05, 0) is 46.5 Å². The van der Waals surface area contributed by atoms with Gasteiger partial charge in [0, 0.05) is 5.54 Å². The van der Waals surface area contributed by atoms with Crippen LogP contribution in [0, 0.1) is 19.8 Å². The third-order valence-corrected chi connectivity index (χ3v) is 5.79. The molecular weight excluding hydrogens is 294 g/mol. The van der Waals surface area contributed by atoms with Crippen molar-refractivity contribution in [2.45, 2.75) is 57.5 Å². The zero-order valence-corrected chi connectivity index (χ0v) is 13.5. The van der Waals surface area contributed by atoms with E-state index in [1.165, 1.54) is 4.68 Å². The Morgan fingerprint density at radius 1 is 1.43 bits per heavy atom. The molecule has 8 heteroatoms. The zero-order valence-electron chi connectivity index (χ0n) is 12.7. The van der Waals surface area contributed by atoms with Crippen LogP contribution in [0.2, 0.25) is 0 Å². The van der Waals surface area contributed by atoms with Crippen LogP contribution in [0.1, 0.15) is 38.1 Å². The van der Waals surface area contributed by atoms with Crippen molar-refractivity contribution >= 4 is 16.0 Å². The fourth-order valence-electron chi connectivity index (χ4n) is 2.64. The van der Waals surface area contributed by atoms with Gasteiger partial charge < -0.3 is 5.11 Å². The van der Waals surface area contributed by atoms with Gasteiger partial charge in [0.15, 0.2) is 0 Å². The number of hydrogen-bond acceptors (Lipinski definition) is 4.